The second kappa shape index (κ2) is 6.07. The fraction of sp³-hybridized carbons (Fsp3) is 0.571. The SMILES string of the molecule is Cc1n[nH]c(C)c1CC(=O)N(C)Cc1nc(C(C)C)no1. The normalized spacial score (nSPS) is 11.1. The van der Waals surface area contributed by atoms with E-state index >= 15 is 0 Å². The second-order valence-corrected chi connectivity index (χ2v) is 5.54. The minimum absolute atomic E-state index is 0.00750. The number of nitrogens with zero attached hydrogens (tertiary/aromatic N) is 4. The van der Waals surface area contributed by atoms with Crippen molar-refractivity contribution in [1.29, 1.82) is 0 Å². The van der Waals surface area contributed by atoms with E-state index in [0.717, 1.165) is 17.0 Å². The van der Waals surface area contributed by atoms with Crippen molar-refractivity contribution in [2.75, 3.05) is 7.05 Å². The number of likely N-dealkylation sites (N-methyl/N-ethyl adjacent to an activating group) is 1. The van der Waals surface area contributed by atoms with Gasteiger partial charge >= 0.3 is 0 Å². The number of rotatable bonds is 5. The molecule has 0 fully saturated rings. The summed E-state index contributed by atoms with van der Waals surface area (Å²) in [7, 11) is 1.73. The summed E-state index contributed by atoms with van der Waals surface area (Å²) < 4.78 is 5.16. The maximum Gasteiger partial charge on any atom is 0.246 e. The molecule has 0 radical (unpaired) electrons. The van der Waals surface area contributed by atoms with Gasteiger partial charge in [0.15, 0.2) is 5.82 Å². The molecular weight excluding hydrogens is 270 g/mol. The minimum atomic E-state index is -0.00750. The van der Waals surface area contributed by atoms with Crippen LogP contribution in [0.2, 0.25) is 0 Å². The van der Waals surface area contributed by atoms with Crippen molar-refractivity contribution in [3.05, 3.63) is 28.7 Å². The zero-order valence-electron chi connectivity index (χ0n) is 13.1. The van der Waals surface area contributed by atoms with E-state index in [9.17, 15) is 4.79 Å². The van der Waals surface area contributed by atoms with E-state index in [4.69, 9.17) is 4.52 Å². The summed E-state index contributed by atoms with van der Waals surface area (Å²) in [6, 6.07) is 0. The molecule has 0 saturated heterocycles. The average Bonchev–Trinajstić information content (AvgIpc) is 3.00. The maximum atomic E-state index is 12.3. The molecule has 2 heterocycles. The molecule has 0 spiro atoms. The third kappa shape index (κ3) is 3.48. The van der Waals surface area contributed by atoms with Crippen LogP contribution in [0.5, 0.6) is 0 Å². The highest BCUT2D eigenvalue weighted by molar-refractivity contribution is 5.78. The van der Waals surface area contributed by atoms with Gasteiger partial charge in [0.1, 0.15) is 0 Å². The lowest BCUT2D eigenvalue weighted by Crippen LogP contribution is -2.28. The Kier molecular flexibility index (Phi) is 4.40. The van der Waals surface area contributed by atoms with Crippen molar-refractivity contribution in [3.63, 3.8) is 0 Å². The molecule has 0 aromatic carbocycles. The van der Waals surface area contributed by atoms with Crippen LogP contribution in [-0.2, 0) is 17.8 Å². The topological polar surface area (TPSA) is 87.9 Å². The summed E-state index contributed by atoms with van der Waals surface area (Å²) in [5, 5.41) is 10.9. The first-order valence-electron chi connectivity index (χ1n) is 6.95. The first-order valence-corrected chi connectivity index (χ1v) is 6.95. The fourth-order valence-corrected chi connectivity index (χ4v) is 1.98. The Hall–Kier alpha value is -2.18. The maximum absolute atomic E-state index is 12.3. The van der Waals surface area contributed by atoms with E-state index in [1.54, 1.807) is 11.9 Å². The summed E-state index contributed by atoms with van der Waals surface area (Å²) in [4.78, 5) is 18.1. The van der Waals surface area contributed by atoms with Crippen molar-refractivity contribution in [3.8, 4) is 0 Å². The van der Waals surface area contributed by atoms with Gasteiger partial charge in [-0.05, 0) is 13.8 Å². The Morgan fingerprint density at radius 1 is 1.38 bits per heavy atom. The number of amides is 1. The molecule has 0 atom stereocenters. The van der Waals surface area contributed by atoms with Crippen molar-refractivity contribution in [1.82, 2.24) is 25.2 Å². The average molecular weight is 291 g/mol. The highest BCUT2D eigenvalue weighted by Gasteiger charge is 2.18. The van der Waals surface area contributed by atoms with Crippen LogP contribution in [-0.4, -0.2) is 38.2 Å². The van der Waals surface area contributed by atoms with E-state index in [1.807, 2.05) is 27.7 Å². The zero-order chi connectivity index (χ0) is 15.6. The molecule has 2 aromatic heterocycles. The number of carbonyl (C=O) groups excluding carboxylic acids is 1. The predicted octanol–water partition coefficient (Wildman–Crippen LogP) is 1.73. The third-order valence-electron chi connectivity index (χ3n) is 3.41. The van der Waals surface area contributed by atoms with E-state index < -0.39 is 0 Å². The van der Waals surface area contributed by atoms with Gasteiger partial charge in [0.25, 0.3) is 0 Å². The quantitative estimate of drug-likeness (QED) is 0.906. The molecule has 0 unspecified atom stereocenters. The van der Waals surface area contributed by atoms with E-state index in [0.29, 0.717) is 24.7 Å². The van der Waals surface area contributed by atoms with Gasteiger partial charge in [-0.1, -0.05) is 19.0 Å². The molecular formula is C14H21N5O2. The largest absolute Gasteiger partial charge is 0.337 e. The van der Waals surface area contributed by atoms with Crippen molar-refractivity contribution < 1.29 is 9.32 Å². The molecule has 2 rings (SSSR count). The first-order chi connectivity index (χ1) is 9.88. The van der Waals surface area contributed by atoms with Crippen LogP contribution in [0.4, 0.5) is 0 Å². The van der Waals surface area contributed by atoms with Crippen LogP contribution in [0, 0.1) is 13.8 Å². The Bertz CT molecular complexity index is 610. The lowest BCUT2D eigenvalue weighted by atomic mass is 10.1. The Balaban J connectivity index is 1.99. The summed E-state index contributed by atoms with van der Waals surface area (Å²) >= 11 is 0. The standard InChI is InChI=1S/C14H21N5O2/c1-8(2)14-15-12(21-18-14)7-19(5)13(20)6-11-9(3)16-17-10(11)4/h8H,6-7H2,1-5H3,(H,16,17). The van der Waals surface area contributed by atoms with E-state index in [2.05, 4.69) is 20.3 Å². The summed E-state index contributed by atoms with van der Waals surface area (Å²) in [6.45, 7) is 8.10. The van der Waals surface area contributed by atoms with E-state index in [1.165, 1.54) is 0 Å². The molecule has 21 heavy (non-hydrogen) atoms. The second-order valence-electron chi connectivity index (χ2n) is 5.54. The van der Waals surface area contributed by atoms with Gasteiger partial charge in [-0.15, -0.1) is 0 Å². The number of carbonyl (C=O) groups is 1. The molecule has 0 saturated carbocycles. The molecule has 0 bridgehead atoms. The van der Waals surface area contributed by atoms with Gasteiger partial charge in [0, 0.05) is 24.2 Å². The number of H-pyrrole nitrogens is 1. The predicted molar refractivity (Wildman–Crippen MR) is 76.6 cm³/mol. The van der Waals surface area contributed by atoms with Gasteiger partial charge in [-0.3, -0.25) is 9.89 Å². The molecule has 1 amide bonds. The van der Waals surface area contributed by atoms with Gasteiger partial charge in [0.05, 0.1) is 18.7 Å². The van der Waals surface area contributed by atoms with Gasteiger partial charge < -0.3 is 9.42 Å². The number of hydrogen-bond donors (Lipinski definition) is 1. The van der Waals surface area contributed by atoms with Crippen LogP contribution in [0.3, 0.4) is 0 Å². The monoisotopic (exact) mass is 291 g/mol. The summed E-state index contributed by atoms with van der Waals surface area (Å²) in [5.74, 6) is 1.31. The molecule has 7 nitrogen and oxygen atoms in total. The highest BCUT2D eigenvalue weighted by Crippen LogP contribution is 2.13. The number of aromatic nitrogens is 4. The van der Waals surface area contributed by atoms with Crippen LogP contribution in [0.25, 0.3) is 0 Å². The smallest absolute Gasteiger partial charge is 0.246 e. The van der Waals surface area contributed by atoms with Crippen molar-refractivity contribution in [2.24, 2.45) is 0 Å². The number of nitrogens with one attached hydrogen (secondary N) is 1. The number of aryl methyl sites for hydroxylation is 2. The van der Waals surface area contributed by atoms with Crippen molar-refractivity contribution in [2.45, 2.75) is 46.6 Å². The molecule has 0 aliphatic rings. The molecule has 7 heteroatoms. The zero-order valence-corrected chi connectivity index (χ0v) is 13.1. The van der Waals surface area contributed by atoms with E-state index in [-0.39, 0.29) is 11.8 Å². The van der Waals surface area contributed by atoms with Crippen molar-refractivity contribution >= 4 is 5.91 Å². The highest BCUT2D eigenvalue weighted by atomic mass is 16.5. The molecule has 114 valence electrons. The number of hydrogen-bond acceptors (Lipinski definition) is 5. The first kappa shape index (κ1) is 15.2. The van der Waals surface area contributed by atoms with Gasteiger partial charge in [-0.25, -0.2) is 0 Å². The summed E-state index contributed by atoms with van der Waals surface area (Å²) in [5.41, 5.74) is 2.73. The Morgan fingerprint density at radius 3 is 2.62 bits per heavy atom. The van der Waals surface area contributed by atoms with Crippen LogP contribution < -0.4 is 0 Å². The van der Waals surface area contributed by atoms with Crippen LogP contribution in [0.1, 0.15) is 48.4 Å². The number of aromatic amines is 1. The molecule has 0 aliphatic heterocycles. The summed E-state index contributed by atoms with van der Waals surface area (Å²) in [6.07, 6.45) is 0.315. The van der Waals surface area contributed by atoms with Gasteiger partial charge in [0.2, 0.25) is 11.8 Å². The fourth-order valence-electron chi connectivity index (χ4n) is 1.98. The van der Waals surface area contributed by atoms with Crippen LogP contribution in [0.15, 0.2) is 4.52 Å². The van der Waals surface area contributed by atoms with Crippen LogP contribution >= 0.6 is 0 Å². The molecule has 2 aromatic rings. The minimum Gasteiger partial charge on any atom is -0.337 e. The van der Waals surface area contributed by atoms with Gasteiger partial charge in [-0.2, -0.15) is 10.1 Å². The Labute approximate surface area is 123 Å². The lowest BCUT2D eigenvalue weighted by Gasteiger charge is -2.14. The third-order valence-corrected chi connectivity index (χ3v) is 3.41. The molecule has 1 N–H and O–H groups in total. The lowest BCUT2D eigenvalue weighted by molar-refractivity contribution is -0.130. The Morgan fingerprint density at radius 2 is 2.10 bits per heavy atom. The molecule has 0 aliphatic carbocycles.